The number of nitrogens with zero attached hydrogens (tertiary/aromatic N) is 3. The van der Waals surface area contributed by atoms with E-state index in [4.69, 9.17) is 16.0 Å². The topological polar surface area (TPSA) is 90.0 Å². The molecule has 0 saturated carbocycles. The minimum atomic E-state index is -3.90. The van der Waals surface area contributed by atoms with Crippen LogP contribution in [0.1, 0.15) is 22.8 Å². The van der Waals surface area contributed by atoms with E-state index in [0.29, 0.717) is 33.6 Å². The summed E-state index contributed by atoms with van der Waals surface area (Å²) in [4.78, 5) is 0.109. The summed E-state index contributed by atoms with van der Waals surface area (Å²) < 4.78 is 36.1. The number of benzene rings is 1. The highest BCUT2D eigenvalue weighted by molar-refractivity contribution is 7.93. The molecule has 0 unspecified atom stereocenters. The summed E-state index contributed by atoms with van der Waals surface area (Å²) >= 11 is 6.11. The second kappa shape index (κ2) is 6.44. The van der Waals surface area contributed by atoms with Gasteiger partial charge in [-0.15, -0.1) is 10.2 Å². The molecule has 1 N–H and O–H groups in total. The van der Waals surface area contributed by atoms with Gasteiger partial charge in [-0.05, 0) is 38.5 Å². The van der Waals surface area contributed by atoms with Crippen molar-refractivity contribution in [2.45, 2.75) is 32.6 Å². The van der Waals surface area contributed by atoms with Crippen molar-refractivity contribution in [3.05, 3.63) is 46.1 Å². The van der Waals surface area contributed by atoms with Gasteiger partial charge in [0.25, 0.3) is 15.9 Å². The Balaban J connectivity index is 2.15. The monoisotopic (exact) mass is 394 g/mol. The van der Waals surface area contributed by atoms with Crippen LogP contribution in [-0.2, 0) is 17.1 Å². The number of aryl methyl sites for hydroxylation is 2. The quantitative estimate of drug-likeness (QED) is 0.727. The molecule has 9 heteroatoms. The number of rotatable bonds is 4. The lowest BCUT2D eigenvalue weighted by Crippen LogP contribution is -2.15. The molecule has 0 aliphatic carbocycles. The fraction of sp³-hybridized carbons (Fsp3) is 0.294. The van der Waals surface area contributed by atoms with Crippen LogP contribution < -0.4 is 4.72 Å². The van der Waals surface area contributed by atoms with Gasteiger partial charge in [0.2, 0.25) is 5.89 Å². The first-order chi connectivity index (χ1) is 12.1. The van der Waals surface area contributed by atoms with Crippen LogP contribution in [-0.4, -0.2) is 23.2 Å². The van der Waals surface area contributed by atoms with Crippen LogP contribution in [0.3, 0.4) is 0 Å². The summed E-state index contributed by atoms with van der Waals surface area (Å²) in [5.41, 5.74) is 2.93. The first kappa shape index (κ1) is 18.5. The van der Waals surface area contributed by atoms with Gasteiger partial charge < -0.3 is 8.98 Å². The summed E-state index contributed by atoms with van der Waals surface area (Å²) in [6, 6.07) is 5.00. The zero-order valence-corrected chi connectivity index (χ0v) is 16.7. The third-order valence-corrected chi connectivity index (χ3v) is 6.31. The molecule has 0 spiro atoms. The molecule has 0 bridgehead atoms. The minimum Gasteiger partial charge on any atom is -0.421 e. The van der Waals surface area contributed by atoms with E-state index in [1.54, 1.807) is 43.7 Å². The number of sulfonamides is 1. The molecule has 0 aliphatic rings. The zero-order valence-electron chi connectivity index (χ0n) is 15.1. The van der Waals surface area contributed by atoms with Gasteiger partial charge in [-0.2, -0.15) is 0 Å². The van der Waals surface area contributed by atoms with Crippen LogP contribution in [0.4, 0.5) is 5.69 Å². The maximum absolute atomic E-state index is 13.1. The Labute approximate surface area is 157 Å². The fourth-order valence-electron chi connectivity index (χ4n) is 2.76. The van der Waals surface area contributed by atoms with E-state index in [9.17, 15) is 8.42 Å². The Morgan fingerprint density at radius 3 is 2.38 bits per heavy atom. The molecule has 26 heavy (non-hydrogen) atoms. The van der Waals surface area contributed by atoms with Crippen molar-refractivity contribution < 1.29 is 12.8 Å². The molecule has 0 saturated heterocycles. The van der Waals surface area contributed by atoms with Gasteiger partial charge in [-0.1, -0.05) is 17.7 Å². The smallest absolute Gasteiger partial charge is 0.264 e. The number of hydrogen-bond donors (Lipinski definition) is 1. The van der Waals surface area contributed by atoms with Crippen molar-refractivity contribution in [3.63, 3.8) is 0 Å². The number of anilines is 1. The molecule has 0 radical (unpaired) electrons. The summed E-state index contributed by atoms with van der Waals surface area (Å²) in [5.74, 6) is 0.536. The second-order valence-corrected chi connectivity index (χ2v) is 8.16. The maximum atomic E-state index is 13.1. The van der Waals surface area contributed by atoms with Gasteiger partial charge in [0.05, 0.1) is 11.3 Å². The van der Waals surface area contributed by atoms with E-state index in [1.165, 1.54) is 0 Å². The van der Waals surface area contributed by atoms with Gasteiger partial charge >= 0.3 is 0 Å². The molecule has 0 fully saturated rings. The average Bonchev–Trinajstić information content (AvgIpc) is 3.08. The number of nitrogens with one attached hydrogen (secondary N) is 1. The van der Waals surface area contributed by atoms with Crippen molar-refractivity contribution >= 4 is 27.3 Å². The van der Waals surface area contributed by atoms with Gasteiger partial charge in [-0.3, -0.25) is 4.72 Å². The van der Waals surface area contributed by atoms with Crippen LogP contribution in [0.5, 0.6) is 0 Å². The maximum Gasteiger partial charge on any atom is 0.264 e. The second-order valence-electron chi connectivity index (χ2n) is 6.13. The SMILES string of the molecule is Cc1nnc(-c2c(S(=O)(=O)Nc3ccc(C)c(Cl)c3)c(C)n(C)c2C)o1. The van der Waals surface area contributed by atoms with Gasteiger partial charge in [0.15, 0.2) is 0 Å². The van der Waals surface area contributed by atoms with E-state index in [0.717, 1.165) is 5.56 Å². The molecule has 0 amide bonds. The van der Waals surface area contributed by atoms with Crippen LogP contribution in [0.25, 0.3) is 11.5 Å². The van der Waals surface area contributed by atoms with Crippen LogP contribution in [0, 0.1) is 27.7 Å². The predicted octanol–water partition coefficient (Wildman–Crippen LogP) is 3.76. The van der Waals surface area contributed by atoms with Crippen molar-refractivity contribution in [2.75, 3.05) is 4.72 Å². The Bertz CT molecular complexity index is 1100. The van der Waals surface area contributed by atoms with Crippen molar-refractivity contribution in [3.8, 4) is 11.5 Å². The molecule has 0 aliphatic heterocycles. The van der Waals surface area contributed by atoms with Crippen LogP contribution >= 0.6 is 11.6 Å². The number of aromatic nitrogens is 3. The van der Waals surface area contributed by atoms with Gasteiger partial charge in [-0.25, -0.2) is 8.42 Å². The lowest BCUT2D eigenvalue weighted by atomic mass is 10.2. The van der Waals surface area contributed by atoms with Gasteiger partial charge in [0, 0.05) is 30.4 Å². The predicted molar refractivity (Wildman–Crippen MR) is 99.9 cm³/mol. The molecule has 1 aromatic carbocycles. The van der Waals surface area contributed by atoms with Crippen LogP contribution in [0.15, 0.2) is 27.5 Å². The highest BCUT2D eigenvalue weighted by atomic mass is 35.5. The lowest BCUT2D eigenvalue weighted by molar-refractivity contribution is 0.530. The highest BCUT2D eigenvalue weighted by Crippen LogP contribution is 2.35. The lowest BCUT2D eigenvalue weighted by Gasteiger charge is -2.10. The van der Waals surface area contributed by atoms with Crippen molar-refractivity contribution in [2.24, 2.45) is 7.05 Å². The molecule has 2 heterocycles. The van der Waals surface area contributed by atoms with Crippen LogP contribution in [0.2, 0.25) is 5.02 Å². The largest absolute Gasteiger partial charge is 0.421 e. The normalized spacial score (nSPS) is 11.8. The van der Waals surface area contributed by atoms with E-state index in [2.05, 4.69) is 14.9 Å². The number of hydrogen-bond acceptors (Lipinski definition) is 5. The first-order valence-corrected chi connectivity index (χ1v) is 9.73. The van der Waals surface area contributed by atoms with E-state index < -0.39 is 10.0 Å². The molecule has 2 aromatic heterocycles. The third-order valence-electron chi connectivity index (χ3n) is 4.36. The fourth-order valence-corrected chi connectivity index (χ4v) is 4.51. The van der Waals surface area contributed by atoms with E-state index in [1.807, 2.05) is 13.8 Å². The standard InChI is InChI=1S/C17H19ClN4O3S/c1-9-6-7-13(8-14(9)18)21-26(23,24)16-11(3)22(5)10(2)15(16)17-20-19-12(4)25-17/h6-8,21H,1-5H3. The average molecular weight is 395 g/mol. The summed E-state index contributed by atoms with van der Waals surface area (Å²) in [6.07, 6.45) is 0. The molecule has 3 rings (SSSR count). The zero-order chi connectivity index (χ0) is 19.2. The molecular formula is C17H19ClN4O3S. The van der Waals surface area contributed by atoms with Crippen molar-refractivity contribution in [1.29, 1.82) is 0 Å². The highest BCUT2D eigenvalue weighted by Gasteiger charge is 2.30. The summed E-state index contributed by atoms with van der Waals surface area (Å²) in [6.45, 7) is 7.05. The van der Waals surface area contributed by atoms with Gasteiger partial charge in [0.1, 0.15) is 4.90 Å². The molecular weight excluding hydrogens is 376 g/mol. The first-order valence-electron chi connectivity index (χ1n) is 7.87. The number of halogens is 1. The Hall–Kier alpha value is -2.32. The summed E-state index contributed by atoms with van der Waals surface area (Å²) in [7, 11) is -2.11. The van der Waals surface area contributed by atoms with E-state index >= 15 is 0 Å². The van der Waals surface area contributed by atoms with E-state index in [-0.39, 0.29) is 10.8 Å². The molecule has 7 nitrogen and oxygen atoms in total. The Morgan fingerprint density at radius 2 is 1.81 bits per heavy atom. The molecule has 3 aromatic rings. The molecule has 0 atom stereocenters. The summed E-state index contributed by atoms with van der Waals surface area (Å²) in [5, 5.41) is 8.29. The third kappa shape index (κ3) is 3.10. The van der Waals surface area contributed by atoms with Crippen molar-refractivity contribution in [1.82, 2.24) is 14.8 Å². The minimum absolute atomic E-state index is 0.109. The Kier molecular flexibility index (Phi) is 4.58. The molecule has 138 valence electrons. The Morgan fingerprint density at radius 1 is 1.12 bits per heavy atom.